The summed E-state index contributed by atoms with van der Waals surface area (Å²) in [6.07, 6.45) is 0. The van der Waals surface area contributed by atoms with Crippen molar-refractivity contribution in [3.63, 3.8) is 0 Å². The first kappa shape index (κ1) is 11.5. The zero-order chi connectivity index (χ0) is 9.28. The molecule has 0 atom stereocenters. The Kier molecular flexibility index (Phi) is 3.61. The minimum Gasteiger partial charge on any atom is -0.160 e. The van der Waals surface area contributed by atoms with Crippen molar-refractivity contribution in [2.75, 3.05) is 0 Å². The molecule has 0 rings (SSSR count). The molecular weight excluding hydrogens is 183 g/mol. The fourth-order valence-electron chi connectivity index (χ4n) is 0.576. The molecule has 0 aromatic rings. The summed E-state index contributed by atoms with van der Waals surface area (Å²) in [5, 5.41) is 0. The fraction of sp³-hybridized carbons (Fsp3) is 1.00. The highest BCUT2D eigenvalue weighted by atomic mass is 31.2. The molecule has 0 unspecified atom stereocenters. The van der Waals surface area contributed by atoms with Crippen molar-refractivity contribution in [3.8, 4) is 0 Å². The van der Waals surface area contributed by atoms with Crippen molar-refractivity contribution in [3.05, 3.63) is 0 Å². The molecule has 0 aliphatic heterocycles. The zero-order valence-corrected chi connectivity index (χ0v) is 9.67. The standard InChI is InChI=1S/C6H17F2NPSi/c1-6(2)10(7,8)9-11(3,4)5/h6,9H,1-5H3/q+1. The minimum absolute atomic E-state index is 0.519. The lowest BCUT2D eigenvalue weighted by atomic mass is 10.6. The third-order valence-electron chi connectivity index (χ3n) is 1.13. The van der Waals surface area contributed by atoms with Gasteiger partial charge in [0.15, 0.2) is 8.24 Å². The van der Waals surface area contributed by atoms with Gasteiger partial charge in [-0.25, -0.2) is 0 Å². The van der Waals surface area contributed by atoms with E-state index in [0.717, 1.165) is 0 Å². The Labute approximate surface area is 69.3 Å². The molecule has 0 fully saturated rings. The summed E-state index contributed by atoms with van der Waals surface area (Å²) < 4.78 is 28.7. The maximum atomic E-state index is 13.1. The molecule has 0 amide bonds. The summed E-state index contributed by atoms with van der Waals surface area (Å²) in [4.78, 5) is 0. The van der Waals surface area contributed by atoms with Crippen LogP contribution < -0.4 is 4.75 Å². The van der Waals surface area contributed by atoms with Gasteiger partial charge in [-0.2, -0.15) is 4.75 Å². The molecule has 0 spiro atoms. The molecule has 1 nitrogen and oxygen atoms in total. The highest BCUT2D eigenvalue weighted by molar-refractivity contribution is 7.66. The van der Waals surface area contributed by atoms with E-state index in [1.807, 2.05) is 19.6 Å². The molecule has 11 heavy (non-hydrogen) atoms. The van der Waals surface area contributed by atoms with Crippen molar-refractivity contribution in [2.45, 2.75) is 39.1 Å². The van der Waals surface area contributed by atoms with E-state index >= 15 is 0 Å². The molecular formula is C6H17F2NPSi+. The van der Waals surface area contributed by atoms with E-state index in [4.69, 9.17) is 0 Å². The van der Waals surface area contributed by atoms with E-state index in [0.29, 0.717) is 0 Å². The van der Waals surface area contributed by atoms with E-state index in [-0.39, 0.29) is 0 Å². The third-order valence-corrected chi connectivity index (χ3v) is 6.31. The van der Waals surface area contributed by atoms with Crippen LogP contribution in [0, 0.1) is 0 Å². The molecule has 0 aliphatic carbocycles. The normalized spacial score (nSPS) is 14.2. The second-order valence-electron chi connectivity index (χ2n) is 4.01. The maximum Gasteiger partial charge on any atom is 0.455 e. The van der Waals surface area contributed by atoms with Gasteiger partial charge in [-0.1, -0.05) is 19.6 Å². The second kappa shape index (κ2) is 3.46. The van der Waals surface area contributed by atoms with Crippen LogP contribution in [0.4, 0.5) is 8.39 Å². The topological polar surface area (TPSA) is 12.0 Å². The van der Waals surface area contributed by atoms with Crippen LogP contribution in [0.2, 0.25) is 19.6 Å². The number of hydrogen-bond donors (Lipinski definition) is 1. The van der Waals surface area contributed by atoms with Crippen LogP contribution in [0.5, 0.6) is 0 Å². The summed E-state index contributed by atoms with van der Waals surface area (Å²) in [5.74, 6) is 0. The Bertz CT molecular complexity index is 133. The van der Waals surface area contributed by atoms with E-state index in [1.165, 1.54) is 0 Å². The van der Waals surface area contributed by atoms with Gasteiger partial charge in [0, 0.05) is 0 Å². The Balaban J connectivity index is 4.13. The van der Waals surface area contributed by atoms with Crippen LogP contribution >= 0.6 is 8.03 Å². The monoisotopic (exact) mass is 200 g/mol. The number of hydrogen-bond acceptors (Lipinski definition) is 1. The van der Waals surface area contributed by atoms with Crippen molar-refractivity contribution >= 4 is 16.3 Å². The average Bonchev–Trinajstić information content (AvgIpc) is 1.56. The summed E-state index contributed by atoms with van der Waals surface area (Å²) in [7, 11) is -5.63. The predicted octanol–water partition coefficient (Wildman–Crippen LogP) is 3.52. The van der Waals surface area contributed by atoms with Gasteiger partial charge in [-0.15, -0.1) is 0 Å². The number of rotatable bonds is 3. The number of nitrogens with one attached hydrogen (secondary N) is 1. The second-order valence-corrected chi connectivity index (χ2v) is 11.6. The third kappa shape index (κ3) is 4.83. The summed E-state index contributed by atoms with van der Waals surface area (Å²) in [6.45, 7) is 8.82. The Morgan fingerprint density at radius 3 is 1.64 bits per heavy atom. The average molecular weight is 200 g/mol. The summed E-state index contributed by atoms with van der Waals surface area (Å²) in [6, 6.07) is 0. The van der Waals surface area contributed by atoms with Crippen LogP contribution in [-0.4, -0.2) is 13.9 Å². The summed E-state index contributed by atoms with van der Waals surface area (Å²) >= 11 is 0. The lowest BCUT2D eigenvalue weighted by Gasteiger charge is -2.19. The van der Waals surface area contributed by atoms with Crippen LogP contribution in [0.3, 0.4) is 0 Å². The molecule has 5 heteroatoms. The van der Waals surface area contributed by atoms with E-state index in [1.54, 1.807) is 13.8 Å². The first-order chi connectivity index (χ1) is 4.65. The van der Waals surface area contributed by atoms with Gasteiger partial charge in [0.05, 0.1) is 0 Å². The molecule has 68 valence electrons. The molecule has 1 N–H and O–H groups in total. The van der Waals surface area contributed by atoms with E-state index in [9.17, 15) is 8.39 Å². The Hall–Kier alpha value is 0.467. The van der Waals surface area contributed by atoms with Crippen molar-refractivity contribution < 1.29 is 8.39 Å². The van der Waals surface area contributed by atoms with Crippen LogP contribution in [-0.2, 0) is 0 Å². The predicted molar refractivity (Wildman–Crippen MR) is 50.8 cm³/mol. The van der Waals surface area contributed by atoms with Gasteiger partial charge < -0.3 is 0 Å². The van der Waals surface area contributed by atoms with Crippen molar-refractivity contribution in [2.24, 2.45) is 0 Å². The maximum absolute atomic E-state index is 13.1. The van der Waals surface area contributed by atoms with Crippen molar-refractivity contribution in [1.82, 2.24) is 4.75 Å². The smallest absolute Gasteiger partial charge is 0.160 e. The summed E-state index contributed by atoms with van der Waals surface area (Å²) in [5.41, 5.74) is -0.519. The van der Waals surface area contributed by atoms with Gasteiger partial charge in [-0.05, 0) is 22.2 Å². The minimum atomic E-state index is -3.82. The molecule has 0 bridgehead atoms. The van der Waals surface area contributed by atoms with Crippen LogP contribution in [0.15, 0.2) is 0 Å². The first-order valence-electron chi connectivity index (χ1n) is 3.72. The lowest BCUT2D eigenvalue weighted by Crippen LogP contribution is -2.40. The molecule has 0 aromatic heterocycles. The van der Waals surface area contributed by atoms with Gasteiger partial charge in [0.1, 0.15) is 5.66 Å². The van der Waals surface area contributed by atoms with E-state index in [2.05, 4.69) is 4.75 Å². The SMILES string of the molecule is CC(C)[P+](F)(F)N[Si](C)(C)C. The molecule has 0 saturated heterocycles. The molecule has 0 aromatic carbocycles. The van der Waals surface area contributed by atoms with Gasteiger partial charge in [-0.3, -0.25) is 0 Å². The van der Waals surface area contributed by atoms with Gasteiger partial charge in [0.2, 0.25) is 0 Å². The molecule has 0 heterocycles. The first-order valence-corrected chi connectivity index (χ1v) is 8.86. The Morgan fingerprint density at radius 1 is 1.18 bits per heavy atom. The largest absolute Gasteiger partial charge is 0.455 e. The van der Waals surface area contributed by atoms with Gasteiger partial charge in [0.25, 0.3) is 0 Å². The highest BCUT2D eigenvalue weighted by Crippen LogP contribution is 2.63. The molecule has 0 aliphatic rings. The van der Waals surface area contributed by atoms with E-state index < -0.39 is 21.9 Å². The zero-order valence-electron chi connectivity index (χ0n) is 7.78. The molecule has 0 radical (unpaired) electrons. The van der Waals surface area contributed by atoms with Crippen LogP contribution in [0.25, 0.3) is 0 Å². The van der Waals surface area contributed by atoms with Gasteiger partial charge >= 0.3 is 8.03 Å². The highest BCUT2D eigenvalue weighted by Gasteiger charge is 2.49. The lowest BCUT2D eigenvalue weighted by molar-refractivity contribution is 0.659. The van der Waals surface area contributed by atoms with Crippen LogP contribution in [0.1, 0.15) is 13.8 Å². The Morgan fingerprint density at radius 2 is 1.55 bits per heavy atom. The molecule has 0 saturated carbocycles. The van der Waals surface area contributed by atoms with Crippen molar-refractivity contribution in [1.29, 1.82) is 0 Å². The number of halogens is 2. The fourth-order valence-corrected chi connectivity index (χ4v) is 5.19. The quantitative estimate of drug-likeness (QED) is 0.543.